The molecule has 1 saturated carbocycles. The molecule has 0 bridgehead atoms. The van der Waals surface area contributed by atoms with Crippen LogP contribution in [-0.2, 0) is 0 Å². The molecule has 0 aromatic heterocycles. The number of benzene rings is 1. The third kappa shape index (κ3) is 2.70. The highest BCUT2D eigenvalue weighted by atomic mass is 35.5. The highest BCUT2D eigenvalue weighted by molar-refractivity contribution is 6.42. The fourth-order valence-electron chi connectivity index (χ4n) is 2.98. The Morgan fingerprint density at radius 2 is 1.95 bits per heavy atom. The first kappa shape index (κ1) is 16.3. The zero-order chi connectivity index (χ0) is 15.8. The summed E-state index contributed by atoms with van der Waals surface area (Å²) in [7, 11) is 0. The number of hydrogen-bond donors (Lipinski definition) is 1. The average molecular weight is 334 g/mol. The van der Waals surface area contributed by atoms with Crippen molar-refractivity contribution in [1.82, 2.24) is 0 Å². The Morgan fingerprint density at radius 3 is 2.43 bits per heavy atom. The second-order valence-corrected chi connectivity index (χ2v) is 6.10. The molecule has 1 aliphatic carbocycles. The number of nitro benzene ring substituents is 1. The molecule has 5 nitrogen and oxygen atoms in total. The Hall–Kier alpha value is -1.04. The van der Waals surface area contributed by atoms with Crippen LogP contribution in [0, 0.1) is 15.5 Å². The van der Waals surface area contributed by atoms with Gasteiger partial charge in [0.05, 0.1) is 21.1 Å². The van der Waals surface area contributed by atoms with Gasteiger partial charge in [0.1, 0.15) is 6.10 Å². The molecule has 0 saturated heterocycles. The van der Waals surface area contributed by atoms with Crippen molar-refractivity contribution < 1.29 is 14.8 Å². The van der Waals surface area contributed by atoms with Crippen molar-refractivity contribution in [1.29, 1.82) is 0 Å². The largest absolute Gasteiger partial charge is 0.483 e. The average Bonchev–Trinajstić information content (AvgIpc) is 2.43. The molecule has 2 rings (SSSR count). The molecule has 2 unspecified atom stereocenters. The smallest absolute Gasteiger partial charge is 0.312 e. The van der Waals surface area contributed by atoms with Crippen molar-refractivity contribution in [2.45, 2.75) is 45.3 Å². The molecule has 0 heterocycles. The Bertz CT molecular complexity index is 560. The lowest BCUT2D eigenvalue weighted by atomic mass is 9.60. The third-order valence-corrected chi connectivity index (χ3v) is 5.25. The normalized spacial score (nSPS) is 23.5. The van der Waals surface area contributed by atoms with Gasteiger partial charge in [-0.2, -0.15) is 0 Å². The summed E-state index contributed by atoms with van der Waals surface area (Å²) in [5.74, 6) is 0.0950. The van der Waals surface area contributed by atoms with Crippen LogP contribution in [0.15, 0.2) is 12.1 Å². The number of ether oxygens (including phenoxy) is 1. The monoisotopic (exact) mass is 333 g/mol. The maximum atomic E-state index is 11.1. The van der Waals surface area contributed by atoms with Crippen LogP contribution in [0.25, 0.3) is 0 Å². The number of hydrogen-bond acceptors (Lipinski definition) is 4. The van der Waals surface area contributed by atoms with Gasteiger partial charge < -0.3 is 9.84 Å². The van der Waals surface area contributed by atoms with Gasteiger partial charge in [0, 0.05) is 24.0 Å². The topological polar surface area (TPSA) is 72.6 Å². The maximum Gasteiger partial charge on any atom is 0.312 e. The first-order valence-corrected chi connectivity index (χ1v) is 7.59. The Labute approximate surface area is 133 Å². The highest BCUT2D eigenvalue weighted by Gasteiger charge is 2.54. The van der Waals surface area contributed by atoms with Gasteiger partial charge in [-0.3, -0.25) is 10.1 Å². The van der Waals surface area contributed by atoms with Gasteiger partial charge in [-0.15, -0.1) is 0 Å². The lowest BCUT2D eigenvalue weighted by Crippen LogP contribution is -2.59. The Balaban J connectivity index is 2.32. The molecule has 1 aromatic rings. The molecule has 1 aromatic carbocycles. The molecule has 1 aliphatic rings. The molecule has 21 heavy (non-hydrogen) atoms. The van der Waals surface area contributed by atoms with Crippen LogP contribution in [-0.4, -0.2) is 22.2 Å². The van der Waals surface area contributed by atoms with E-state index in [-0.39, 0.29) is 33.0 Å². The van der Waals surface area contributed by atoms with Crippen LogP contribution in [0.2, 0.25) is 10.0 Å². The molecule has 7 heteroatoms. The Morgan fingerprint density at radius 1 is 1.38 bits per heavy atom. The second-order valence-electron chi connectivity index (χ2n) is 5.29. The number of nitrogens with zero attached hydrogens (tertiary/aromatic N) is 1. The number of aliphatic hydroxyl groups is 1. The summed E-state index contributed by atoms with van der Waals surface area (Å²) in [6.45, 7) is 3.96. The van der Waals surface area contributed by atoms with Crippen molar-refractivity contribution >= 4 is 28.9 Å². The minimum absolute atomic E-state index is 0.0950. The molecule has 0 spiro atoms. The highest BCUT2D eigenvalue weighted by Crippen LogP contribution is 2.50. The summed E-state index contributed by atoms with van der Waals surface area (Å²) in [6, 6.07) is 2.55. The molecule has 0 radical (unpaired) electrons. The lowest BCUT2D eigenvalue weighted by Gasteiger charge is -2.52. The van der Waals surface area contributed by atoms with E-state index in [1.54, 1.807) is 0 Å². The van der Waals surface area contributed by atoms with Crippen LogP contribution in [0.5, 0.6) is 5.75 Å². The van der Waals surface area contributed by atoms with Crippen molar-refractivity contribution in [3.63, 3.8) is 0 Å². The molecular weight excluding hydrogens is 317 g/mol. The molecule has 2 atom stereocenters. The zero-order valence-corrected chi connectivity index (χ0v) is 13.3. The van der Waals surface area contributed by atoms with E-state index in [2.05, 4.69) is 0 Å². The fraction of sp³-hybridized carbons (Fsp3) is 0.571. The summed E-state index contributed by atoms with van der Waals surface area (Å²) in [4.78, 5) is 10.6. The van der Waals surface area contributed by atoms with Crippen molar-refractivity contribution in [3.8, 4) is 5.75 Å². The lowest BCUT2D eigenvalue weighted by molar-refractivity contribution is -0.386. The van der Waals surface area contributed by atoms with Gasteiger partial charge in [-0.1, -0.05) is 37.0 Å². The zero-order valence-electron chi connectivity index (χ0n) is 11.8. The van der Waals surface area contributed by atoms with Crippen LogP contribution in [0.1, 0.15) is 33.1 Å². The summed E-state index contributed by atoms with van der Waals surface area (Å²) in [5, 5.41) is 21.5. The van der Waals surface area contributed by atoms with Gasteiger partial charge in [0.2, 0.25) is 0 Å². The first-order chi connectivity index (χ1) is 9.85. The second kappa shape index (κ2) is 5.99. The van der Waals surface area contributed by atoms with Crippen LogP contribution < -0.4 is 4.74 Å². The van der Waals surface area contributed by atoms with Crippen LogP contribution in [0.3, 0.4) is 0 Å². The van der Waals surface area contributed by atoms with Gasteiger partial charge in [-0.05, 0) is 12.8 Å². The number of halogens is 2. The van der Waals surface area contributed by atoms with E-state index in [0.717, 1.165) is 12.8 Å². The van der Waals surface area contributed by atoms with Crippen molar-refractivity contribution in [3.05, 3.63) is 32.3 Å². The van der Waals surface area contributed by atoms with Gasteiger partial charge in [0.15, 0.2) is 5.75 Å². The molecule has 116 valence electrons. The predicted octanol–water partition coefficient (Wildman–Crippen LogP) is 4.22. The van der Waals surface area contributed by atoms with E-state index in [1.165, 1.54) is 12.1 Å². The standard InChI is InChI=1S/C14H17Cl2NO4/c1-3-14(4-2)12(18)7-13(14)21-11-6-9(16)8(15)5-10(11)17(19)20/h5-6,12-13,18H,3-4,7H2,1-2H3. The minimum Gasteiger partial charge on any atom is -0.483 e. The minimum atomic E-state index is -0.549. The molecular formula is C14H17Cl2NO4. The maximum absolute atomic E-state index is 11.1. The Kier molecular flexibility index (Phi) is 4.66. The van der Waals surface area contributed by atoms with E-state index in [0.29, 0.717) is 6.42 Å². The van der Waals surface area contributed by atoms with E-state index in [9.17, 15) is 15.2 Å². The van der Waals surface area contributed by atoms with E-state index < -0.39 is 11.0 Å². The quantitative estimate of drug-likeness (QED) is 0.646. The van der Waals surface area contributed by atoms with Crippen molar-refractivity contribution in [2.75, 3.05) is 0 Å². The van der Waals surface area contributed by atoms with Gasteiger partial charge in [0.25, 0.3) is 0 Å². The molecule has 1 fully saturated rings. The predicted molar refractivity (Wildman–Crippen MR) is 81.2 cm³/mol. The summed E-state index contributed by atoms with van der Waals surface area (Å²) in [5.41, 5.74) is -0.577. The SMILES string of the molecule is CCC1(CC)C(O)CC1Oc1cc(Cl)c(Cl)cc1[N+](=O)[O-]. The molecule has 0 amide bonds. The third-order valence-electron chi connectivity index (χ3n) is 4.53. The number of rotatable bonds is 5. The van der Waals surface area contributed by atoms with Gasteiger partial charge >= 0.3 is 5.69 Å². The first-order valence-electron chi connectivity index (χ1n) is 6.83. The van der Waals surface area contributed by atoms with Crippen LogP contribution >= 0.6 is 23.2 Å². The molecule has 0 aliphatic heterocycles. The van der Waals surface area contributed by atoms with E-state index in [1.807, 2.05) is 13.8 Å². The summed E-state index contributed by atoms with van der Waals surface area (Å²) < 4.78 is 5.80. The van der Waals surface area contributed by atoms with E-state index >= 15 is 0 Å². The summed E-state index contributed by atoms with van der Waals surface area (Å²) in [6.07, 6.45) is 1.23. The fourth-order valence-corrected chi connectivity index (χ4v) is 3.29. The number of nitro groups is 1. The summed E-state index contributed by atoms with van der Waals surface area (Å²) >= 11 is 11.7. The van der Waals surface area contributed by atoms with Gasteiger partial charge in [-0.25, -0.2) is 0 Å². The van der Waals surface area contributed by atoms with E-state index in [4.69, 9.17) is 27.9 Å². The van der Waals surface area contributed by atoms with Crippen LogP contribution in [0.4, 0.5) is 5.69 Å². The number of aliphatic hydroxyl groups excluding tert-OH is 1. The van der Waals surface area contributed by atoms with Crippen molar-refractivity contribution in [2.24, 2.45) is 5.41 Å². The molecule has 1 N–H and O–H groups in total.